The molecule has 0 aliphatic heterocycles. The van der Waals surface area contributed by atoms with Gasteiger partial charge in [-0.2, -0.15) is 0 Å². The summed E-state index contributed by atoms with van der Waals surface area (Å²) in [5.41, 5.74) is 2.32. The smallest absolute Gasteiger partial charge is 0.226 e. The number of carbonyl (C=O) groups excluding carboxylic acids is 1. The average Bonchev–Trinajstić information content (AvgIpc) is 2.88. The maximum atomic E-state index is 11.8. The van der Waals surface area contributed by atoms with Crippen LogP contribution < -0.4 is 5.32 Å². The molecule has 1 amide bonds. The number of allylic oxidation sites excluding steroid dienone is 1. The van der Waals surface area contributed by atoms with Crippen LogP contribution in [0.5, 0.6) is 0 Å². The Morgan fingerprint density at radius 1 is 1.50 bits per heavy atom. The van der Waals surface area contributed by atoms with Gasteiger partial charge in [0, 0.05) is 19.0 Å². The van der Waals surface area contributed by atoms with Gasteiger partial charge < -0.3 is 10.1 Å². The second-order valence-corrected chi connectivity index (χ2v) is 5.99. The Morgan fingerprint density at radius 2 is 2.40 bits per heavy atom. The Hall–Kier alpha value is -1.20. The molecule has 0 atom stereocenters. The topological polar surface area (TPSA) is 51.2 Å². The number of aromatic nitrogens is 1. The van der Waals surface area contributed by atoms with Crippen LogP contribution in [0, 0.1) is 0 Å². The Balaban J connectivity index is 1.67. The summed E-state index contributed by atoms with van der Waals surface area (Å²) in [7, 11) is 1.65. The van der Waals surface area contributed by atoms with Crippen molar-refractivity contribution in [2.45, 2.75) is 45.1 Å². The molecule has 2 rings (SSSR count). The van der Waals surface area contributed by atoms with Gasteiger partial charge in [-0.05, 0) is 32.1 Å². The summed E-state index contributed by atoms with van der Waals surface area (Å²) in [5, 5.41) is 5.82. The van der Waals surface area contributed by atoms with Crippen LogP contribution in [0.2, 0.25) is 0 Å². The average molecular weight is 294 g/mol. The first-order valence-electron chi connectivity index (χ1n) is 7.15. The SMILES string of the molecule is COCc1nc(CC(=O)NCCC2=CCCCC2)cs1. The van der Waals surface area contributed by atoms with Crippen LogP contribution in [-0.4, -0.2) is 24.5 Å². The minimum Gasteiger partial charge on any atom is -0.378 e. The number of nitrogens with zero attached hydrogens (tertiary/aromatic N) is 1. The molecule has 110 valence electrons. The third kappa shape index (κ3) is 5.06. The van der Waals surface area contributed by atoms with Gasteiger partial charge in [-0.15, -0.1) is 11.3 Å². The summed E-state index contributed by atoms with van der Waals surface area (Å²) in [6.07, 6.45) is 8.67. The molecule has 0 bridgehead atoms. The molecule has 0 saturated carbocycles. The molecule has 0 unspecified atom stereocenters. The van der Waals surface area contributed by atoms with E-state index < -0.39 is 0 Å². The second-order valence-electron chi connectivity index (χ2n) is 5.05. The van der Waals surface area contributed by atoms with E-state index in [1.54, 1.807) is 7.11 Å². The fourth-order valence-electron chi connectivity index (χ4n) is 2.34. The van der Waals surface area contributed by atoms with Gasteiger partial charge in [0.05, 0.1) is 18.7 Å². The molecule has 0 aromatic carbocycles. The van der Waals surface area contributed by atoms with Gasteiger partial charge in [0.15, 0.2) is 0 Å². The van der Waals surface area contributed by atoms with E-state index in [4.69, 9.17) is 4.74 Å². The first-order chi connectivity index (χ1) is 9.78. The van der Waals surface area contributed by atoms with Gasteiger partial charge in [-0.3, -0.25) is 4.79 Å². The van der Waals surface area contributed by atoms with E-state index >= 15 is 0 Å². The Morgan fingerprint density at radius 3 is 3.15 bits per heavy atom. The minimum absolute atomic E-state index is 0.0516. The van der Waals surface area contributed by atoms with Crippen LogP contribution in [-0.2, 0) is 22.6 Å². The van der Waals surface area contributed by atoms with E-state index in [9.17, 15) is 4.79 Å². The molecular formula is C15H22N2O2S. The summed E-state index contributed by atoms with van der Waals surface area (Å²) in [6, 6.07) is 0. The summed E-state index contributed by atoms with van der Waals surface area (Å²) < 4.78 is 5.02. The van der Waals surface area contributed by atoms with Crippen LogP contribution in [0.4, 0.5) is 0 Å². The lowest BCUT2D eigenvalue weighted by molar-refractivity contribution is -0.120. The molecule has 0 saturated heterocycles. The lowest BCUT2D eigenvalue weighted by atomic mass is 9.97. The van der Waals surface area contributed by atoms with Crippen molar-refractivity contribution < 1.29 is 9.53 Å². The summed E-state index contributed by atoms with van der Waals surface area (Å²) >= 11 is 1.54. The van der Waals surface area contributed by atoms with E-state index in [0.29, 0.717) is 13.0 Å². The van der Waals surface area contributed by atoms with Crippen LogP contribution in [0.1, 0.15) is 42.8 Å². The molecule has 4 nitrogen and oxygen atoms in total. The fraction of sp³-hybridized carbons (Fsp3) is 0.600. The van der Waals surface area contributed by atoms with E-state index in [0.717, 1.165) is 23.7 Å². The Bertz CT molecular complexity index is 468. The number of hydrogen-bond donors (Lipinski definition) is 1. The molecule has 0 radical (unpaired) electrons. The number of nitrogens with one attached hydrogen (secondary N) is 1. The van der Waals surface area contributed by atoms with Gasteiger partial charge in [0.25, 0.3) is 0 Å². The van der Waals surface area contributed by atoms with Crippen molar-refractivity contribution in [3.63, 3.8) is 0 Å². The molecule has 1 aliphatic rings. The highest BCUT2D eigenvalue weighted by Crippen LogP contribution is 2.19. The van der Waals surface area contributed by atoms with Crippen molar-refractivity contribution >= 4 is 17.2 Å². The number of ether oxygens (including phenoxy) is 1. The Labute approximate surface area is 124 Å². The number of methoxy groups -OCH3 is 1. The van der Waals surface area contributed by atoms with Crippen molar-refractivity contribution in [1.29, 1.82) is 0 Å². The van der Waals surface area contributed by atoms with Crippen molar-refractivity contribution in [3.8, 4) is 0 Å². The largest absolute Gasteiger partial charge is 0.378 e. The number of hydrogen-bond acceptors (Lipinski definition) is 4. The Kier molecular flexibility index (Phi) is 6.21. The van der Waals surface area contributed by atoms with Crippen molar-refractivity contribution in [2.75, 3.05) is 13.7 Å². The van der Waals surface area contributed by atoms with E-state index in [-0.39, 0.29) is 5.91 Å². The summed E-state index contributed by atoms with van der Waals surface area (Å²) in [4.78, 5) is 16.2. The maximum Gasteiger partial charge on any atom is 0.226 e. The first-order valence-corrected chi connectivity index (χ1v) is 8.02. The van der Waals surface area contributed by atoms with E-state index in [1.807, 2.05) is 5.38 Å². The van der Waals surface area contributed by atoms with Gasteiger partial charge in [-0.25, -0.2) is 4.98 Å². The zero-order valence-corrected chi connectivity index (χ0v) is 12.8. The highest BCUT2D eigenvalue weighted by Gasteiger charge is 2.08. The third-order valence-corrected chi connectivity index (χ3v) is 4.23. The lowest BCUT2D eigenvalue weighted by Crippen LogP contribution is -2.26. The van der Waals surface area contributed by atoms with Gasteiger partial charge in [0.1, 0.15) is 5.01 Å². The molecular weight excluding hydrogens is 272 g/mol. The molecule has 20 heavy (non-hydrogen) atoms. The predicted octanol–water partition coefficient (Wildman–Crippen LogP) is 2.84. The third-order valence-electron chi connectivity index (χ3n) is 3.36. The zero-order valence-electron chi connectivity index (χ0n) is 12.0. The highest BCUT2D eigenvalue weighted by molar-refractivity contribution is 7.09. The standard InChI is InChI=1S/C15H22N2O2S/c1-19-10-15-17-13(11-20-15)9-14(18)16-8-7-12-5-3-2-4-6-12/h5,11H,2-4,6-10H2,1H3,(H,16,18). The monoisotopic (exact) mass is 294 g/mol. The maximum absolute atomic E-state index is 11.8. The number of rotatable bonds is 7. The van der Waals surface area contributed by atoms with Gasteiger partial charge in [-0.1, -0.05) is 11.6 Å². The van der Waals surface area contributed by atoms with Gasteiger partial charge in [0.2, 0.25) is 5.91 Å². The number of carbonyl (C=O) groups is 1. The summed E-state index contributed by atoms with van der Waals surface area (Å²) in [6.45, 7) is 1.25. The number of amides is 1. The first kappa shape index (κ1) is 15.2. The van der Waals surface area contributed by atoms with Crippen LogP contribution in [0.15, 0.2) is 17.0 Å². The second kappa shape index (κ2) is 8.17. The molecule has 1 aliphatic carbocycles. The van der Waals surface area contributed by atoms with E-state index in [1.165, 1.54) is 42.6 Å². The summed E-state index contributed by atoms with van der Waals surface area (Å²) in [5.74, 6) is 0.0516. The molecule has 1 heterocycles. The van der Waals surface area contributed by atoms with Crippen LogP contribution >= 0.6 is 11.3 Å². The number of thiazole rings is 1. The van der Waals surface area contributed by atoms with Crippen molar-refractivity contribution in [3.05, 3.63) is 27.7 Å². The predicted molar refractivity (Wildman–Crippen MR) is 80.7 cm³/mol. The molecule has 1 N–H and O–H groups in total. The van der Waals surface area contributed by atoms with E-state index in [2.05, 4.69) is 16.4 Å². The lowest BCUT2D eigenvalue weighted by Gasteiger charge is -2.12. The van der Waals surface area contributed by atoms with Crippen molar-refractivity contribution in [2.24, 2.45) is 0 Å². The van der Waals surface area contributed by atoms with Crippen LogP contribution in [0.25, 0.3) is 0 Å². The quantitative estimate of drug-likeness (QED) is 0.787. The minimum atomic E-state index is 0.0516. The highest BCUT2D eigenvalue weighted by atomic mass is 32.1. The molecule has 5 heteroatoms. The molecule has 0 spiro atoms. The zero-order chi connectivity index (χ0) is 14.2. The molecule has 0 fully saturated rings. The van der Waals surface area contributed by atoms with Crippen molar-refractivity contribution in [1.82, 2.24) is 10.3 Å². The van der Waals surface area contributed by atoms with Crippen LogP contribution in [0.3, 0.4) is 0 Å². The fourth-order valence-corrected chi connectivity index (χ4v) is 3.11. The molecule has 1 aromatic rings. The molecule has 1 aromatic heterocycles. The normalized spacial score (nSPS) is 14.9. The van der Waals surface area contributed by atoms with Gasteiger partial charge >= 0.3 is 0 Å².